The van der Waals surface area contributed by atoms with E-state index < -0.39 is 0 Å². The first-order valence-electron chi connectivity index (χ1n) is 7.15. The molecular formula is C15H27N3. The van der Waals surface area contributed by atoms with Crippen molar-refractivity contribution in [2.24, 2.45) is 12.5 Å². The van der Waals surface area contributed by atoms with Crippen LogP contribution in [0.5, 0.6) is 0 Å². The summed E-state index contributed by atoms with van der Waals surface area (Å²) in [6.07, 6.45) is 4.66. The van der Waals surface area contributed by atoms with E-state index in [1.54, 1.807) is 0 Å². The molecule has 102 valence electrons. The molecular weight excluding hydrogens is 222 g/mol. The molecule has 0 saturated carbocycles. The molecule has 3 heteroatoms. The lowest BCUT2D eigenvalue weighted by atomic mass is 9.70. The number of nitrogens with zero attached hydrogens (tertiary/aromatic N) is 2. The molecule has 1 saturated heterocycles. The molecule has 1 aliphatic rings. The molecule has 1 aliphatic heterocycles. The number of rotatable bonds is 3. The molecule has 1 fully saturated rings. The first-order valence-corrected chi connectivity index (χ1v) is 7.15. The summed E-state index contributed by atoms with van der Waals surface area (Å²) in [6, 6.07) is 2.27. The van der Waals surface area contributed by atoms with Gasteiger partial charge in [0.25, 0.3) is 0 Å². The van der Waals surface area contributed by atoms with Crippen LogP contribution in [0.25, 0.3) is 0 Å². The summed E-state index contributed by atoms with van der Waals surface area (Å²) in [5.74, 6) is 0. The van der Waals surface area contributed by atoms with Gasteiger partial charge in [-0.3, -0.25) is 4.68 Å². The highest BCUT2D eigenvalue weighted by Gasteiger charge is 2.44. The van der Waals surface area contributed by atoms with Crippen molar-refractivity contribution in [2.75, 3.05) is 6.54 Å². The first-order chi connectivity index (χ1) is 8.38. The fourth-order valence-corrected chi connectivity index (χ4v) is 3.08. The molecule has 3 nitrogen and oxygen atoms in total. The minimum Gasteiger partial charge on any atom is -0.310 e. The number of aryl methyl sites for hydroxylation is 2. The van der Waals surface area contributed by atoms with Crippen molar-refractivity contribution in [2.45, 2.75) is 58.9 Å². The Kier molecular flexibility index (Phi) is 3.54. The van der Waals surface area contributed by atoms with Gasteiger partial charge in [-0.25, -0.2) is 0 Å². The summed E-state index contributed by atoms with van der Waals surface area (Å²) >= 11 is 0. The molecule has 0 aliphatic carbocycles. The molecule has 2 rings (SSSR count). The van der Waals surface area contributed by atoms with Crippen molar-refractivity contribution < 1.29 is 0 Å². The molecule has 1 aromatic heterocycles. The standard InChI is InChI=1S/C15H27N3/c1-6-12-10-13(18(5)17-12)11-15(14(2,3)4)8-7-9-16-15/h10,16H,6-9,11H2,1-5H3. The Balaban J connectivity index is 2.26. The Bertz CT molecular complexity index is 406. The third-order valence-corrected chi connectivity index (χ3v) is 4.55. The zero-order chi connectivity index (χ0) is 13.4. The summed E-state index contributed by atoms with van der Waals surface area (Å²) in [7, 11) is 2.07. The topological polar surface area (TPSA) is 29.9 Å². The second-order valence-corrected chi connectivity index (χ2v) is 6.64. The van der Waals surface area contributed by atoms with Crippen molar-refractivity contribution in [1.29, 1.82) is 0 Å². The first kappa shape index (κ1) is 13.6. The third-order valence-electron chi connectivity index (χ3n) is 4.55. The summed E-state index contributed by atoms with van der Waals surface area (Å²) in [5.41, 5.74) is 3.07. The maximum Gasteiger partial charge on any atom is 0.0624 e. The van der Waals surface area contributed by atoms with Gasteiger partial charge in [-0.05, 0) is 37.3 Å². The van der Waals surface area contributed by atoms with E-state index in [-0.39, 0.29) is 11.0 Å². The van der Waals surface area contributed by atoms with Gasteiger partial charge in [0, 0.05) is 24.7 Å². The maximum atomic E-state index is 4.57. The van der Waals surface area contributed by atoms with Gasteiger partial charge in [-0.1, -0.05) is 27.7 Å². The van der Waals surface area contributed by atoms with E-state index in [2.05, 4.69) is 55.9 Å². The van der Waals surface area contributed by atoms with Gasteiger partial charge in [-0.2, -0.15) is 5.10 Å². The molecule has 0 radical (unpaired) electrons. The molecule has 0 bridgehead atoms. The minimum atomic E-state index is 0.228. The van der Waals surface area contributed by atoms with Gasteiger partial charge < -0.3 is 5.32 Å². The lowest BCUT2D eigenvalue weighted by Gasteiger charge is -2.42. The normalized spacial score (nSPS) is 24.7. The van der Waals surface area contributed by atoms with Gasteiger partial charge in [0.2, 0.25) is 0 Å². The Labute approximate surface area is 111 Å². The van der Waals surface area contributed by atoms with Crippen LogP contribution < -0.4 is 5.32 Å². The van der Waals surface area contributed by atoms with Crippen LogP contribution in [0.4, 0.5) is 0 Å². The zero-order valence-corrected chi connectivity index (χ0v) is 12.5. The lowest BCUT2D eigenvalue weighted by Crippen LogP contribution is -2.52. The van der Waals surface area contributed by atoms with E-state index >= 15 is 0 Å². The second kappa shape index (κ2) is 4.69. The Hall–Kier alpha value is -0.830. The highest BCUT2D eigenvalue weighted by molar-refractivity contribution is 5.17. The average Bonchev–Trinajstić information content (AvgIpc) is 2.87. The fourth-order valence-electron chi connectivity index (χ4n) is 3.08. The van der Waals surface area contributed by atoms with Crippen LogP contribution in [0.1, 0.15) is 51.9 Å². The predicted octanol–water partition coefficient (Wildman–Crippen LogP) is 2.69. The number of nitrogens with one attached hydrogen (secondary N) is 1. The van der Waals surface area contributed by atoms with Gasteiger partial charge in [0.05, 0.1) is 5.69 Å². The van der Waals surface area contributed by atoms with Crippen molar-refractivity contribution >= 4 is 0 Å². The Morgan fingerprint density at radius 2 is 2.17 bits per heavy atom. The number of hydrogen-bond acceptors (Lipinski definition) is 2. The largest absolute Gasteiger partial charge is 0.310 e. The van der Waals surface area contributed by atoms with Crippen LogP contribution in [-0.2, 0) is 19.9 Å². The molecule has 0 amide bonds. The van der Waals surface area contributed by atoms with E-state index in [9.17, 15) is 0 Å². The zero-order valence-electron chi connectivity index (χ0n) is 12.5. The van der Waals surface area contributed by atoms with E-state index in [1.165, 1.54) is 24.2 Å². The van der Waals surface area contributed by atoms with Crippen molar-refractivity contribution in [3.8, 4) is 0 Å². The van der Waals surface area contributed by atoms with E-state index in [4.69, 9.17) is 0 Å². The van der Waals surface area contributed by atoms with E-state index in [0.717, 1.165) is 19.4 Å². The summed E-state index contributed by atoms with van der Waals surface area (Å²) in [4.78, 5) is 0. The van der Waals surface area contributed by atoms with E-state index in [0.29, 0.717) is 0 Å². The summed E-state index contributed by atoms with van der Waals surface area (Å²) in [5, 5.41) is 8.35. The summed E-state index contributed by atoms with van der Waals surface area (Å²) < 4.78 is 2.06. The molecule has 0 spiro atoms. The minimum absolute atomic E-state index is 0.228. The van der Waals surface area contributed by atoms with Crippen LogP contribution in [0, 0.1) is 5.41 Å². The number of hydrogen-bond donors (Lipinski definition) is 1. The average molecular weight is 249 g/mol. The molecule has 1 N–H and O–H groups in total. The van der Waals surface area contributed by atoms with Crippen LogP contribution >= 0.6 is 0 Å². The van der Waals surface area contributed by atoms with Crippen molar-refractivity contribution in [3.63, 3.8) is 0 Å². The Morgan fingerprint density at radius 3 is 2.61 bits per heavy atom. The third kappa shape index (κ3) is 2.33. The van der Waals surface area contributed by atoms with Gasteiger partial charge in [-0.15, -0.1) is 0 Å². The molecule has 18 heavy (non-hydrogen) atoms. The van der Waals surface area contributed by atoms with Gasteiger partial charge >= 0.3 is 0 Å². The van der Waals surface area contributed by atoms with Crippen molar-refractivity contribution in [1.82, 2.24) is 15.1 Å². The SMILES string of the molecule is CCc1cc(CC2(C(C)(C)C)CCCN2)n(C)n1. The smallest absolute Gasteiger partial charge is 0.0624 e. The lowest BCUT2D eigenvalue weighted by molar-refractivity contribution is 0.157. The van der Waals surface area contributed by atoms with Crippen LogP contribution in [0.2, 0.25) is 0 Å². The highest BCUT2D eigenvalue weighted by atomic mass is 15.3. The Morgan fingerprint density at radius 1 is 1.44 bits per heavy atom. The monoisotopic (exact) mass is 249 g/mol. The quantitative estimate of drug-likeness (QED) is 0.892. The van der Waals surface area contributed by atoms with Crippen LogP contribution in [-0.4, -0.2) is 21.9 Å². The van der Waals surface area contributed by atoms with E-state index in [1.807, 2.05) is 0 Å². The second-order valence-electron chi connectivity index (χ2n) is 6.64. The van der Waals surface area contributed by atoms with Crippen LogP contribution in [0.15, 0.2) is 6.07 Å². The molecule has 1 unspecified atom stereocenters. The molecule has 1 atom stereocenters. The molecule has 2 heterocycles. The molecule has 1 aromatic rings. The summed E-state index contributed by atoms with van der Waals surface area (Å²) in [6.45, 7) is 10.4. The fraction of sp³-hybridized carbons (Fsp3) is 0.800. The van der Waals surface area contributed by atoms with Crippen LogP contribution in [0.3, 0.4) is 0 Å². The highest BCUT2D eigenvalue weighted by Crippen LogP contribution is 2.39. The van der Waals surface area contributed by atoms with Gasteiger partial charge in [0.1, 0.15) is 0 Å². The van der Waals surface area contributed by atoms with Gasteiger partial charge in [0.15, 0.2) is 0 Å². The molecule has 0 aromatic carbocycles. The maximum absolute atomic E-state index is 4.57. The number of aromatic nitrogens is 2. The predicted molar refractivity (Wildman–Crippen MR) is 75.7 cm³/mol. The van der Waals surface area contributed by atoms with Crippen molar-refractivity contribution in [3.05, 3.63) is 17.5 Å².